The molecular weight excluding hydrogens is 368 g/mol. The van der Waals surface area contributed by atoms with E-state index in [0.717, 1.165) is 35.0 Å². The van der Waals surface area contributed by atoms with Crippen LogP contribution in [0.2, 0.25) is 0 Å². The largest absolute Gasteiger partial charge is 0.434 e. The second kappa shape index (κ2) is 6.47. The summed E-state index contributed by atoms with van der Waals surface area (Å²) in [6.45, 7) is 0.793. The molecule has 1 saturated heterocycles. The number of thiazole rings is 1. The van der Waals surface area contributed by atoms with Crippen LogP contribution in [0.5, 0.6) is 0 Å². The second-order valence-corrected chi connectivity index (χ2v) is 6.64. The normalized spacial score (nSPS) is 19.3. The number of anilines is 1. The van der Waals surface area contributed by atoms with Gasteiger partial charge >= 0.3 is 12.4 Å². The molecule has 0 N–H and O–H groups in total. The Morgan fingerprint density at radius 2 is 1.88 bits per heavy atom. The van der Waals surface area contributed by atoms with E-state index in [2.05, 4.69) is 9.97 Å². The number of pyridine rings is 1. The van der Waals surface area contributed by atoms with E-state index in [4.69, 9.17) is 0 Å². The average molecular weight is 381 g/mol. The Morgan fingerprint density at radius 1 is 1.12 bits per heavy atom. The molecule has 1 atom stereocenters. The minimum atomic E-state index is -4.49. The highest BCUT2D eigenvalue weighted by atomic mass is 32.1. The number of aromatic nitrogens is 2. The van der Waals surface area contributed by atoms with E-state index in [9.17, 15) is 26.3 Å². The van der Waals surface area contributed by atoms with Gasteiger partial charge in [0.15, 0.2) is 5.69 Å². The zero-order valence-corrected chi connectivity index (χ0v) is 13.5. The highest BCUT2D eigenvalue weighted by molar-refractivity contribution is 7.09. The summed E-state index contributed by atoms with van der Waals surface area (Å²) in [7, 11) is 0. The van der Waals surface area contributed by atoms with Crippen molar-refractivity contribution < 1.29 is 26.3 Å². The topological polar surface area (TPSA) is 29.0 Å². The molecule has 0 spiro atoms. The lowest BCUT2D eigenvalue weighted by Crippen LogP contribution is -2.35. The van der Waals surface area contributed by atoms with Crippen molar-refractivity contribution in [1.82, 2.24) is 9.97 Å². The fourth-order valence-corrected chi connectivity index (χ4v) is 3.71. The molecule has 136 valence electrons. The van der Waals surface area contributed by atoms with Crippen molar-refractivity contribution in [3.05, 3.63) is 40.0 Å². The first-order chi connectivity index (χ1) is 11.6. The Morgan fingerprint density at radius 3 is 2.52 bits per heavy atom. The maximum absolute atomic E-state index is 12.8. The molecule has 0 bridgehead atoms. The maximum Gasteiger partial charge on any atom is 0.434 e. The Bertz CT molecular complexity index is 739. The Hall–Kier alpha value is -1.84. The molecule has 3 heterocycles. The molecule has 2 aromatic heterocycles. The lowest BCUT2D eigenvalue weighted by molar-refractivity contribution is -0.141. The molecule has 2 aromatic rings. The van der Waals surface area contributed by atoms with Crippen molar-refractivity contribution in [2.75, 3.05) is 18.0 Å². The summed E-state index contributed by atoms with van der Waals surface area (Å²) >= 11 is 0.929. The lowest BCUT2D eigenvalue weighted by Gasteiger charge is -2.33. The van der Waals surface area contributed by atoms with Gasteiger partial charge in [0.05, 0.1) is 10.6 Å². The number of rotatable bonds is 2. The van der Waals surface area contributed by atoms with E-state index >= 15 is 0 Å². The molecule has 1 aliphatic rings. The van der Waals surface area contributed by atoms with Crippen LogP contribution in [0.4, 0.5) is 32.2 Å². The molecular formula is C15H13F6N3S. The van der Waals surface area contributed by atoms with Crippen LogP contribution in [0.1, 0.15) is 35.0 Å². The van der Waals surface area contributed by atoms with Crippen molar-refractivity contribution >= 4 is 17.2 Å². The molecule has 3 rings (SSSR count). The van der Waals surface area contributed by atoms with Gasteiger partial charge in [-0.2, -0.15) is 26.3 Å². The quantitative estimate of drug-likeness (QED) is 0.689. The van der Waals surface area contributed by atoms with Crippen LogP contribution >= 0.6 is 11.3 Å². The van der Waals surface area contributed by atoms with E-state index < -0.39 is 23.6 Å². The highest BCUT2D eigenvalue weighted by Gasteiger charge is 2.36. The third-order valence-corrected chi connectivity index (χ3v) is 4.99. The molecule has 10 heteroatoms. The van der Waals surface area contributed by atoms with Crippen LogP contribution in [0.15, 0.2) is 23.7 Å². The van der Waals surface area contributed by atoms with Gasteiger partial charge < -0.3 is 4.90 Å². The molecule has 0 radical (unpaired) electrons. The Labute approximate surface area is 143 Å². The minimum absolute atomic E-state index is 0.173. The fourth-order valence-electron chi connectivity index (χ4n) is 2.76. The minimum Gasteiger partial charge on any atom is -0.356 e. The van der Waals surface area contributed by atoms with E-state index in [1.807, 2.05) is 0 Å². The molecule has 0 aliphatic carbocycles. The first-order valence-corrected chi connectivity index (χ1v) is 8.33. The molecule has 0 saturated carbocycles. The molecule has 3 nitrogen and oxygen atoms in total. The summed E-state index contributed by atoms with van der Waals surface area (Å²) in [4.78, 5) is 9.30. The number of halogens is 6. The molecule has 1 unspecified atom stereocenters. The first-order valence-electron chi connectivity index (χ1n) is 7.45. The van der Waals surface area contributed by atoms with Crippen molar-refractivity contribution in [2.24, 2.45) is 0 Å². The van der Waals surface area contributed by atoms with Gasteiger partial charge in [-0.15, -0.1) is 11.3 Å². The van der Waals surface area contributed by atoms with Gasteiger partial charge in [-0.1, -0.05) is 0 Å². The molecule has 0 aromatic carbocycles. The molecule has 25 heavy (non-hydrogen) atoms. The van der Waals surface area contributed by atoms with E-state index in [-0.39, 0.29) is 11.7 Å². The van der Waals surface area contributed by atoms with Gasteiger partial charge in [0.2, 0.25) is 0 Å². The third-order valence-electron chi connectivity index (χ3n) is 3.98. The summed E-state index contributed by atoms with van der Waals surface area (Å²) in [6.07, 6.45) is -6.59. The smallest absolute Gasteiger partial charge is 0.356 e. The van der Waals surface area contributed by atoms with Crippen molar-refractivity contribution in [1.29, 1.82) is 0 Å². The predicted octanol–water partition coefficient (Wildman–Crippen LogP) is 4.96. The Kier molecular flexibility index (Phi) is 4.65. The van der Waals surface area contributed by atoms with Gasteiger partial charge in [0.25, 0.3) is 0 Å². The van der Waals surface area contributed by atoms with Crippen LogP contribution in [0.25, 0.3) is 0 Å². The summed E-state index contributed by atoms with van der Waals surface area (Å²) in [5, 5.41) is 1.32. The van der Waals surface area contributed by atoms with E-state index in [1.54, 1.807) is 4.90 Å². The predicted molar refractivity (Wildman–Crippen MR) is 80.5 cm³/mol. The number of piperidine rings is 1. The van der Waals surface area contributed by atoms with Crippen LogP contribution in [-0.4, -0.2) is 23.1 Å². The third kappa shape index (κ3) is 4.05. The van der Waals surface area contributed by atoms with Crippen molar-refractivity contribution in [2.45, 2.75) is 31.1 Å². The SMILES string of the molecule is FC(F)(F)c1ccnc(N2CCCC(c3nc(C(F)(F)F)cs3)C2)c1. The summed E-state index contributed by atoms with van der Waals surface area (Å²) in [5.74, 6) is -0.0849. The van der Waals surface area contributed by atoms with Gasteiger partial charge in [0, 0.05) is 30.6 Å². The zero-order chi connectivity index (χ0) is 18.2. The average Bonchev–Trinajstić information content (AvgIpc) is 3.05. The molecule has 1 aliphatic heterocycles. The van der Waals surface area contributed by atoms with E-state index in [1.165, 1.54) is 0 Å². The monoisotopic (exact) mass is 381 g/mol. The summed E-state index contributed by atoms with van der Waals surface area (Å²) in [6, 6.07) is 1.85. The summed E-state index contributed by atoms with van der Waals surface area (Å²) in [5.41, 5.74) is -1.73. The standard InChI is InChI=1S/C15H13F6N3S/c16-14(17,18)10-3-4-22-12(6-10)24-5-1-2-9(7-24)13-23-11(8-25-13)15(19,20)21/h3-4,6,8-9H,1-2,5,7H2. The molecule has 1 fully saturated rings. The maximum atomic E-state index is 12.8. The zero-order valence-electron chi connectivity index (χ0n) is 12.7. The Balaban J connectivity index is 1.79. The lowest BCUT2D eigenvalue weighted by atomic mass is 9.98. The number of hydrogen-bond donors (Lipinski definition) is 0. The van der Waals surface area contributed by atoms with Gasteiger partial charge in [0.1, 0.15) is 5.82 Å². The van der Waals surface area contributed by atoms with Crippen molar-refractivity contribution in [3.8, 4) is 0 Å². The van der Waals surface area contributed by atoms with E-state index in [0.29, 0.717) is 30.9 Å². The van der Waals surface area contributed by atoms with Crippen LogP contribution in [0.3, 0.4) is 0 Å². The van der Waals surface area contributed by atoms with Crippen LogP contribution in [-0.2, 0) is 12.4 Å². The highest BCUT2D eigenvalue weighted by Crippen LogP contribution is 2.36. The number of hydrogen-bond acceptors (Lipinski definition) is 4. The number of alkyl halides is 6. The fraction of sp³-hybridized carbons (Fsp3) is 0.467. The summed E-state index contributed by atoms with van der Waals surface area (Å²) < 4.78 is 76.5. The van der Waals surface area contributed by atoms with Gasteiger partial charge in [-0.05, 0) is 25.0 Å². The van der Waals surface area contributed by atoms with Crippen LogP contribution < -0.4 is 4.90 Å². The van der Waals surface area contributed by atoms with Crippen LogP contribution in [0, 0.1) is 0 Å². The first kappa shape index (κ1) is 18.0. The second-order valence-electron chi connectivity index (χ2n) is 5.75. The molecule has 0 amide bonds. The number of nitrogens with zero attached hydrogens (tertiary/aromatic N) is 3. The van der Waals surface area contributed by atoms with Gasteiger partial charge in [-0.3, -0.25) is 0 Å². The van der Waals surface area contributed by atoms with Crippen molar-refractivity contribution in [3.63, 3.8) is 0 Å². The van der Waals surface area contributed by atoms with Gasteiger partial charge in [-0.25, -0.2) is 9.97 Å².